The van der Waals surface area contributed by atoms with Crippen molar-refractivity contribution in [3.8, 4) is 0 Å². The first-order valence-corrected chi connectivity index (χ1v) is 8.78. The van der Waals surface area contributed by atoms with Crippen LogP contribution in [0.2, 0.25) is 0 Å². The van der Waals surface area contributed by atoms with E-state index in [1.807, 2.05) is 20.0 Å². The first-order valence-electron chi connectivity index (χ1n) is 8.78. The highest BCUT2D eigenvalue weighted by Crippen LogP contribution is 2.26. The minimum absolute atomic E-state index is 0. The highest BCUT2D eigenvalue weighted by molar-refractivity contribution is 14.0. The van der Waals surface area contributed by atoms with Crippen LogP contribution in [-0.4, -0.2) is 43.6 Å². The molecule has 0 saturated carbocycles. The average Bonchev–Trinajstić information content (AvgIpc) is 3.18. The van der Waals surface area contributed by atoms with Gasteiger partial charge in [0.25, 0.3) is 0 Å². The van der Waals surface area contributed by atoms with Crippen LogP contribution in [0.1, 0.15) is 51.2 Å². The molecular weight excluding hydrogens is 415 g/mol. The second kappa shape index (κ2) is 10.3. The molecule has 0 aromatic carbocycles. The first kappa shape index (κ1) is 21.3. The van der Waals surface area contributed by atoms with Crippen LogP contribution >= 0.6 is 24.0 Å². The van der Waals surface area contributed by atoms with Crippen LogP contribution in [0.25, 0.3) is 0 Å². The molecular formula is C18H33IN4O. The zero-order valence-electron chi connectivity index (χ0n) is 15.6. The van der Waals surface area contributed by atoms with Gasteiger partial charge in [-0.05, 0) is 57.8 Å². The summed E-state index contributed by atoms with van der Waals surface area (Å²) in [5, 5.41) is 6.94. The van der Waals surface area contributed by atoms with Crippen molar-refractivity contribution >= 4 is 29.9 Å². The molecule has 2 unspecified atom stereocenters. The van der Waals surface area contributed by atoms with E-state index in [2.05, 4.69) is 47.4 Å². The average molecular weight is 448 g/mol. The summed E-state index contributed by atoms with van der Waals surface area (Å²) in [6.07, 6.45) is 2.54. The van der Waals surface area contributed by atoms with Crippen LogP contribution < -0.4 is 10.6 Å². The van der Waals surface area contributed by atoms with Crippen molar-refractivity contribution in [1.82, 2.24) is 15.5 Å². The smallest absolute Gasteiger partial charge is 0.191 e. The summed E-state index contributed by atoms with van der Waals surface area (Å²) in [4.78, 5) is 6.86. The largest absolute Gasteiger partial charge is 0.465 e. The number of halogens is 1. The van der Waals surface area contributed by atoms with E-state index in [9.17, 15) is 0 Å². The van der Waals surface area contributed by atoms with E-state index < -0.39 is 0 Å². The van der Waals surface area contributed by atoms with Gasteiger partial charge in [0.2, 0.25) is 0 Å². The van der Waals surface area contributed by atoms with Gasteiger partial charge in [0.15, 0.2) is 5.96 Å². The summed E-state index contributed by atoms with van der Waals surface area (Å²) in [5.74, 6) is 3.44. The summed E-state index contributed by atoms with van der Waals surface area (Å²) in [5.41, 5.74) is 0. The summed E-state index contributed by atoms with van der Waals surface area (Å²) in [6, 6.07) is 4.80. The summed E-state index contributed by atoms with van der Waals surface area (Å²) in [6.45, 7) is 11.7. The zero-order chi connectivity index (χ0) is 16.8. The Labute approximate surface area is 163 Å². The number of aliphatic imine (C=N–C) groups is 1. The molecule has 0 bridgehead atoms. The van der Waals surface area contributed by atoms with E-state index >= 15 is 0 Å². The van der Waals surface area contributed by atoms with Gasteiger partial charge in [0.05, 0.1) is 6.04 Å². The van der Waals surface area contributed by atoms with E-state index in [4.69, 9.17) is 4.42 Å². The van der Waals surface area contributed by atoms with Gasteiger partial charge in [-0.2, -0.15) is 0 Å². The van der Waals surface area contributed by atoms with Crippen molar-refractivity contribution in [3.05, 3.63) is 23.7 Å². The second-order valence-corrected chi connectivity index (χ2v) is 6.84. The molecule has 0 radical (unpaired) electrons. The van der Waals surface area contributed by atoms with Gasteiger partial charge < -0.3 is 15.1 Å². The molecule has 2 heterocycles. The molecule has 1 aromatic rings. The molecule has 1 fully saturated rings. The number of furan rings is 1. The quantitative estimate of drug-likeness (QED) is 0.397. The molecule has 2 N–H and O–H groups in total. The molecule has 0 spiro atoms. The van der Waals surface area contributed by atoms with Crippen molar-refractivity contribution < 1.29 is 4.42 Å². The fourth-order valence-electron chi connectivity index (χ4n) is 2.87. The predicted molar refractivity (Wildman–Crippen MR) is 111 cm³/mol. The highest BCUT2D eigenvalue weighted by Gasteiger charge is 2.26. The maximum atomic E-state index is 5.90. The number of guanidine groups is 1. The molecule has 5 nitrogen and oxygen atoms in total. The normalized spacial score (nSPS) is 18.3. The lowest BCUT2D eigenvalue weighted by atomic mass is 10.1. The number of nitrogens with zero attached hydrogens (tertiary/aromatic N) is 2. The van der Waals surface area contributed by atoms with E-state index in [1.54, 1.807) is 0 Å². The molecule has 1 aliphatic rings. The van der Waals surface area contributed by atoms with Gasteiger partial charge in [-0.15, -0.1) is 24.0 Å². The maximum absolute atomic E-state index is 5.90. The molecule has 0 aliphatic carbocycles. The Bertz CT molecular complexity index is 509. The van der Waals surface area contributed by atoms with Gasteiger partial charge in [-0.25, -0.2) is 0 Å². The molecule has 6 heteroatoms. The fourth-order valence-corrected chi connectivity index (χ4v) is 2.87. The number of hydrogen-bond acceptors (Lipinski definition) is 3. The Balaban J connectivity index is 0.00000288. The van der Waals surface area contributed by atoms with Gasteiger partial charge >= 0.3 is 0 Å². The van der Waals surface area contributed by atoms with Crippen LogP contribution in [0.5, 0.6) is 0 Å². The van der Waals surface area contributed by atoms with Crippen molar-refractivity contribution in [2.75, 3.05) is 26.7 Å². The Hall–Kier alpha value is -0.760. The van der Waals surface area contributed by atoms with Gasteiger partial charge in [-0.1, -0.05) is 13.8 Å². The van der Waals surface area contributed by atoms with Crippen molar-refractivity contribution in [3.63, 3.8) is 0 Å². The van der Waals surface area contributed by atoms with Crippen LogP contribution in [0.15, 0.2) is 21.5 Å². The van der Waals surface area contributed by atoms with E-state index in [0.29, 0.717) is 12.0 Å². The molecule has 138 valence electrons. The monoisotopic (exact) mass is 448 g/mol. The second-order valence-electron chi connectivity index (χ2n) is 6.84. The summed E-state index contributed by atoms with van der Waals surface area (Å²) >= 11 is 0. The highest BCUT2D eigenvalue weighted by atomic mass is 127. The first-order chi connectivity index (χ1) is 11.0. The van der Waals surface area contributed by atoms with E-state index in [-0.39, 0.29) is 30.0 Å². The molecule has 1 saturated heterocycles. The minimum atomic E-state index is 0. The molecule has 24 heavy (non-hydrogen) atoms. The van der Waals surface area contributed by atoms with Crippen LogP contribution in [0.4, 0.5) is 0 Å². The lowest BCUT2D eigenvalue weighted by Gasteiger charge is -2.28. The predicted octanol–water partition coefficient (Wildman–Crippen LogP) is 3.55. The third kappa shape index (κ3) is 5.95. The number of nitrogens with one attached hydrogen (secondary N) is 2. The molecule has 2 rings (SSSR count). The van der Waals surface area contributed by atoms with Crippen molar-refractivity contribution in [2.45, 2.75) is 52.6 Å². The maximum Gasteiger partial charge on any atom is 0.191 e. The Morgan fingerprint density at radius 2 is 1.92 bits per heavy atom. The number of hydrogen-bond donors (Lipinski definition) is 2. The lowest BCUT2D eigenvalue weighted by Crippen LogP contribution is -2.46. The minimum Gasteiger partial charge on any atom is -0.465 e. The van der Waals surface area contributed by atoms with Crippen LogP contribution in [0, 0.1) is 12.8 Å². The third-order valence-electron chi connectivity index (χ3n) is 4.72. The Kier molecular flexibility index (Phi) is 9.12. The number of likely N-dealkylation sites (tertiary alicyclic amines) is 1. The summed E-state index contributed by atoms with van der Waals surface area (Å²) in [7, 11) is 1.82. The number of aryl methyl sites for hydroxylation is 1. The Morgan fingerprint density at radius 3 is 2.42 bits per heavy atom. The third-order valence-corrected chi connectivity index (χ3v) is 4.72. The molecule has 0 amide bonds. The van der Waals surface area contributed by atoms with E-state index in [0.717, 1.165) is 37.1 Å². The SMILES string of the molecule is CN=C(NCC(c1ccc(C)o1)N1CCCC1)NC(C)C(C)C.I. The van der Waals surface area contributed by atoms with Gasteiger partial charge in [0.1, 0.15) is 11.5 Å². The topological polar surface area (TPSA) is 52.8 Å². The van der Waals surface area contributed by atoms with Gasteiger partial charge in [0, 0.05) is 19.6 Å². The standard InChI is InChI=1S/C18H32N4O.HI/c1-13(2)15(4)21-18(19-5)20-12-16(22-10-6-7-11-22)17-9-8-14(3)23-17;/h8-9,13,15-16H,6-7,10-12H2,1-5H3,(H2,19,20,21);1H. The van der Waals surface area contributed by atoms with Crippen molar-refractivity contribution in [1.29, 1.82) is 0 Å². The fraction of sp³-hybridized carbons (Fsp3) is 0.722. The van der Waals surface area contributed by atoms with Gasteiger partial charge in [-0.3, -0.25) is 9.89 Å². The molecule has 1 aliphatic heterocycles. The van der Waals surface area contributed by atoms with Crippen LogP contribution in [0.3, 0.4) is 0 Å². The van der Waals surface area contributed by atoms with Crippen molar-refractivity contribution in [2.24, 2.45) is 10.9 Å². The van der Waals surface area contributed by atoms with Crippen LogP contribution in [-0.2, 0) is 0 Å². The van der Waals surface area contributed by atoms with E-state index in [1.165, 1.54) is 12.8 Å². The zero-order valence-corrected chi connectivity index (χ0v) is 18.0. The molecule has 1 aromatic heterocycles. The molecule has 2 atom stereocenters. The Morgan fingerprint density at radius 1 is 1.25 bits per heavy atom. The number of rotatable bonds is 6. The lowest BCUT2D eigenvalue weighted by molar-refractivity contribution is 0.213. The summed E-state index contributed by atoms with van der Waals surface area (Å²) < 4.78 is 5.90.